The molecule has 8 heteroatoms. The smallest absolute Gasteiger partial charge is 0.295 e. The highest BCUT2D eigenvalue weighted by Crippen LogP contribution is 2.23. The molecule has 0 radical (unpaired) electrons. The third kappa shape index (κ3) is 3.33. The standard InChI is InChI=1S/C13H15BrN4O2S/c1-18(6-8-5-10(14)21-7-8)13(19)11-16-12(20-17-11)9-3-2-4-15-9/h5,7,9,15H,2-4,6H2,1H3. The van der Waals surface area contributed by atoms with Crippen molar-refractivity contribution in [2.24, 2.45) is 0 Å². The second-order valence-electron chi connectivity index (χ2n) is 5.03. The Hall–Kier alpha value is -1.25. The van der Waals surface area contributed by atoms with E-state index >= 15 is 0 Å². The maximum absolute atomic E-state index is 12.3. The van der Waals surface area contributed by atoms with E-state index in [1.807, 2.05) is 11.4 Å². The summed E-state index contributed by atoms with van der Waals surface area (Å²) in [4.78, 5) is 18.1. The summed E-state index contributed by atoms with van der Waals surface area (Å²) in [5.41, 5.74) is 1.07. The largest absolute Gasteiger partial charge is 0.337 e. The molecule has 0 spiro atoms. The second-order valence-corrected chi connectivity index (χ2v) is 7.32. The molecule has 2 aromatic heterocycles. The molecule has 0 bridgehead atoms. The van der Waals surface area contributed by atoms with E-state index in [9.17, 15) is 4.79 Å². The van der Waals surface area contributed by atoms with Crippen molar-refractivity contribution >= 4 is 33.2 Å². The number of amides is 1. The van der Waals surface area contributed by atoms with Crippen LogP contribution in [0.2, 0.25) is 0 Å². The van der Waals surface area contributed by atoms with Crippen LogP contribution < -0.4 is 5.32 Å². The van der Waals surface area contributed by atoms with Crippen molar-refractivity contribution in [3.63, 3.8) is 0 Å². The highest BCUT2D eigenvalue weighted by molar-refractivity contribution is 9.11. The average molecular weight is 371 g/mol. The van der Waals surface area contributed by atoms with Gasteiger partial charge in [0.2, 0.25) is 5.89 Å². The van der Waals surface area contributed by atoms with E-state index in [0.717, 1.165) is 28.7 Å². The van der Waals surface area contributed by atoms with Crippen LogP contribution in [0.15, 0.2) is 19.8 Å². The highest BCUT2D eigenvalue weighted by atomic mass is 79.9. The fourth-order valence-corrected chi connectivity index (χ4v) is 3.50. The second kappa shape index (κ2) is 6.25. The Morgan fingerprint density at radius 2 is 2.52 bits per heavy atom. The van der Waals surface area contributed by atoms with E-state index in [2.05, 4.69) is 31.4 Å². The monoisotopic (exact) mass is 370 g/mol. The van der Waals surface area contributed by atoms with Crippen molar-refractivity contribution in [3.05, 3.63) is 32.5 Å². The van der Waals surface area contributed by atoms with E-state index in [-0.39, 0.29) is 17.8 Å². The van der Waals surface area contributed by atoms with Gasteiger partial charge in [0.15, 0.2) is 0 Å². The maximum Gasteiger partial charge on any atom is 0.295 e. The van der Waals surface area contributed by atoms with Crippen LogP contribution in [0, 0.1) is 0 Å². The quantitative estimate of drug-likeness (QED) is 0.895. The molecular weight excluding hydrogens is 356 g/mol. The van der Waals surface area contributed by atoms with Crippen LogP contribution in [0.4, 0.5) is 0 Å². The Kier molecular flexibility index (Phi) is 4.37. The van der Waals surface area contributed by atoms with Gasteiger partial charge in [-0.25, -0.2) is 0 Å². The van der Waals surface area contributed by atoms with E-state index in [1.54, 1.807) is 23.3 Å². The van der Waals surface area contributed by atoms with Gasteiger partial charge in [-0.1, -0.05) is 5.16 Å². The van der Waals surface area contributed by atoms with Gasteiger partial charge >= 0.3 is 0 Å². The molecule has 1 saturated heterocycles. The lowest BCUT2D eigenvalue weighted by Gasteiger charge is -2.13. The average Bonchev–Trinajstić information content (AvgIpc) is 3.18. The fraction of sp³-hybridized carbons (Fsp3) is 0.462. The molecule has 1 unspecified atom stereocenters. The molecule has 0 aromatic carbocycles. The van der Waals surface area contributed by atoms with Crippen LogP contribution in [0.5, 0.6) is 0 Å². The van der Waals surface area contributed by atoms with Crippen LogP contribution >= 0.6 is 27.3 Å². The maximum atomic E-state index is 12.3. The summed E-state index contributed by atoms with van der Waals surface area (Å²) in [7, 11) is 1.73. The topological polar surface area (TPSA) is 71.3 Å². The SMILES string of the molecule is CN(Cc1csc(Br)c1)C(=O)c1noc(C2CCCN2)n1. The number of aromatic nitrogens is 2. The molecular formula is C13H15BrN4O2S. The van der Waals surface area contributed by atoms with Gasteiger partial charge in [0.25, 0.3) is 11.7 Å². The van der Waals surface area contributed by atoms with Crippen LogP contribution in [-0.2, 0) is 6.54 Å². The molecule has 1 aliphatic heterocycles. The molecule has 1 atom stereocenters. The van der Waals surface area contributed by atoms with Crippen molar-refractivity contribution in [3.8, 4) is 0 Å². The van der Waals surface area contributed by atoms with Crippen molar-refractivity contribution in [1.82, 2.24) is 20.4 Å². The molecule has 0 saturated carbocycles. The Bertz CT molecular complexity index is 636. The van der Waals surface area contributed by atoms with Gasteiger partial charge in [0.1, 0.15) is 0 Å². The Labute approximate surface area is 134 Å². The number of carbonyl (C=O) groups excluding carboxylic acids is 1. The van der Waals surface area contributed by atoms with Crippen LogP contribution in [-0.4, -0.2) is 34.5 Å². The highest BCUT2D eigenvalue weighted by Gasteiger charge is 2.25. The summed E-state index contributed by atoms with van der Waals surface area (Å²) >= 11 is 5.01. The predicted octanol–water partition coefficient (Wildman–Crippen LogP) is 2.59. The molecule has 2 aromatic rings. The van der Waals surface area contributed by atoms with Crippen molar-refractivity contribution in [1.29, 1.82) is 0 Å². The molecule has 3 rings (SSSR count). The molecule has 21 heavy (non-hydrogen) atoms. The number of thiophene rings is 1. The van der Waals surface area contributed by atoms with E-state index in [4.69, 9.17) is 4.52 Å². The van der Waals surface area contributed by atoms with Crippen LogP contribution in [0.1, 0.15) is 41.0 Å². The van der Waals surface area contributed by atoms with Crippen LogP contribution in [0.3, 0.4) is 0 Å². The van der Waals surface area contributed by atoms with Crippen LogP contribution in [0.25, 0.3) is 0 Å². The lowest BCUT2D eigenvalue weighted by Crippen LogP contribution is -2.27. The number of carbonyl (C=O) groups is 1. The minimum Gasteiger partial charge on any atom is -0.337 e. The Morgan fingerprint density at radius 3 is 3.19 bits per heavy atom. The zero-order valence-electron chi connectivity index (χ0n) is 11.5. The fourth-order valence-electron chi connectivity index (χ4n) is 2.30. The number of halogens is 1. The lowest BCUT2D eigenvalue weighted by atomic mass is 10.2. The molecule has 3 heterocycles. The summed E-state index contributed by atoms with van der Waals surface area (Å²) in [5.74, 6) is 0.392. The molecule has 1 N–H and O–H groups in total. The lowest BCUT2D eigenvalue weighted by molar-refractivity contribution is 0.0770. The minimum absolute atomic E-state index is 0.0807. The minimum atomic E-state index is -0.231. The summed E-state index contributed by atoms with van der Waals surface area (Å²) < 4.78 is 6.25. The van der Waals surface area contributed by atoms with Gasteiger partial charge in [0, 0.05) is 13.6 Å². The molecule has 1 amide bonds. The summed E-state index contributed by atoms with van der Waals surface area (Å²) in [5, 5.41) is 9.09. The number of rotatable bonds is 4. The van der Waals surface area contributed by atoms with Gasteiger partial charge in [-0.05, 0) is 52.3 Å². The van der Waals surface area contributed by atoms with E-state index < -0.39 is 0 Å². The predicted molar refractivity (Wildman–Crippen MR) is 82.1 cm³/mol. The summed E-state index contributed by atoms with van der Waals surface area (Å²) in [6.45, 7) is 1.47. The van der Waals surface area contributed by atoms with Gasteiger partial charge < -0.3 is 14.7 Å². The number of nitrogens with zero attached hydrogens (tertiary/aromatic N) is 3. The van der Waals surface area contributed by atoms with E-state index in [0.29, 0.717) is 12.4 Å². The number of nitrogens with one attached hydrogen (secondary N) is 1. The Morgan fingerprint density at radius 1 is 1.67 bits per heavy atom. The summed E-state index contributed by atoms with van der Waals surface area (Å²) in [6.07, 6.45) is 2.05. The first-order valence-electron chi connectivity index (χ1n) is 6.69. The number of hydrogen-bond donors (Lipinski definition) is 1. The molecule has 112 valence electrons. The molecule has 1 aliphatic rings. The molecule has 0 aliphatic carbocycles. The van der Waals surface area contributed by atoms with E-state index in [1.165, 1.54) is 0 Å². The first-order valence-corrected chi connectivity index (χ1v) is 8.36. The first-order chi connectivity index (χ1) is 10.1. The van der Waals surface area contributed by atoms with Gasteiger partial charge in [0.05, 0.1) is 9.83 Å². The van der Waals surface area contributed by atoms with Crippen molar-refractivity contribution < 1.29 is 9.32 Å². The molecule has 1 fully saturated rings. The Balaban J connectivity index is 1.66. The van der Waals surface area contributed by atoms with Gasteiger partial charge in [-0.2, -0.15) is 4.98 Å². The zero-order chi connectivity index (χ0) is 14.8. The van der Waals surface area contributed by atoms with Gasteiger partial charge in [-0.3, -0.25) is 4.79 Å². The molecule has 6 nitrogen and oxygen atoms in total. The van der Waals surface area contributed by atoms with Crippen molar-refractivity contribution in [2.75, 3.05) is 13.6 Å². The number of hydrogen-bond acceptors (Lipinski definition) is 6. The third-order valence-electron chi connectivity index (χ3n) is 3.38. The normalized spacial score (nSPS) is 18.1. The first kappa shape index (κ1) is 14.7. The van der Waals surface area contributed by atoms with Gasteiger partial charge in [-0.15, -0.1) is 11.3 Å². The summed E-state index contributed by atoms with van der Waals surface area (Å²) in [6, 6.07) is 2.08. The zero-order valence-corrected chi connectivity index (χ0v) is 13.9. The third-order valence-corrected chi connectivity index (χ3v) is 4.93. The van der Waals surface area contributed by atoms with Crippen molar-refractivity contribution in [2.45, 2.75) is 25.4 Å².